The van der Waals surface area contributed by atoms with Crippen LogP contribution >= 0.6 is 0 Å². The predicted octanol–water partition coefficient (Wildman–Crippen LogP) is 4.38. The maximum Gasteiger partial charge on any atom is 0.494 e. The highest BCUT2D eigenvalue weighted by Crippen LogP contribution is 2.22. The van der Waals surface area contributed by atoms with Crippen molar-refractivity contribution in [3.05, 3.63) is 29.3 Å². The number of hydrazine groups is 1. The maximum atomic E-state index is 12.9. The lowest BCUT2D eigenvalue weighted by molar-refractivity contribution is 0.0706. The van der Waals surface area contributed by atoms with Crippen LogP contribution in [0.2, 0.25) is 0 Å². The summed E-state index contributed by atoms with van der Waals surface area (Å²) < 4.78 is 12.1. The molecule has 0 spiro atoms. The van der Waals surface area contributed by atoms with E-state index in [-0.39, 0.29) is 23.0 Å². The van der Waals surface area contributed by atoms with E-state index in [0.717, 1.165) is 30.3 Å². The van der Waals surface area contributed by atoms with Crippen LogP contribution in [0.25, 0.3) is 0 Å². The molecule has 1 aromatic carbocycles. The monoisotopic (exact) mass is 404 g/mol. The average Bonchev–Trinajstić information content (AvgIpc) is 2.63. The number of benzene rings is 1. The lowest BCUT2D eigenvalue weighted by atomic mass is 9.73. The first-order valence-corrected chi connectivity index (χ1v) is 10.9. The molecule has 1 rings (SSSR count). The number of hydrogen-bond acceptors (Lipinski definition) is 4. The van der Waals surface area contributed by atoms with Crippen LogP contribution in [0.5, 0.6) is 0 Å². The van der Waals surface area contributed by atoms with Gasteiger partial charge in [-0.15, -0.1) is 0 Å². The van der Waals surface area contributed by atoms with Crippen molar-refractivity contribution in [1.29, 1.82) is 0 Å². The van der Waals surface area contributed by atoms with E-state index in [2.05, 4.69) is 59.3 Å². The smallest absolute Gasteiger partial charge is 0.408 e. The molecule has 29 heavy (non-hydrogen) atoms. The maximum absolute atomic E-state index is 12.9. The van der Waals surface area contributed by atoms with Crippen LogP contribution in [0.15, 0.2) is 18.2 Å². The SMILES string of the molecule is CCCC(NNC(=O)c1cccc(B(OCC)OC(C)(C)CC)c1C)C(C)(C)C. The topological polar surface area (TPSA) is 59.6 Å². The van der Waals surface area contributed by atoms with E-state index >= 15 is 0 Å². The van der Waals surface area contributed by atoms with Gasteiger partial charge in [-0.25, -0.2) is 5.43 Å². The van der Waals surface area contributed by atoms with E-state index in [9.17, 15) is 4.79 Å². The molecular formula is C23H41BN2O3. The second kappa shape index (κ2) is 11.1. The van der Waals surface area contributed by atoms with Crippen LogP contribution < -0.4 is 16.3 Å². The van der Waals surface area contributed by atoms with E-state index in [4.69, 9.17) is 9.31 Å². The lowest BCUT2D eigenvalue weighted by Crippen LogP contribution is -2.50. The standard InChI is InChI=1S/C23H41BN2O3/c1-10-14-20(22(5,6)7)25-26-21(27)18-15-13-16-19(17(18)4)24(28-12-3)29-23(8,9)11-2/h13,15-16,20,25H,10-12,14H2,1-9H3,(H,26,27). The van der Waals surface area contributed by atoms with E-state index in [1.807, 2.05) is 32.0 Å². The molecule has 0 aliphatic heterocycles. The summed E-state index contributed by atoms with van der Waals surface area (Å²) in [6.07, 6.45) is 2.92. The largest absolute Gasteiger partial charge is 0.494 e. The van der Waals surface area contributed by atoms with E-state index in [0.29, 0.717) is 12.2 Å². The molecule has 0 saturated heterocycles. The molecule has 0 bridgehead atoms. The summed E-state index contributed by atoms with van der Waals surface area (Å²) in [6.45, 7) is 19.3. The van der Waals surface area contributed by atoms with Gasteiger partial charge in [0.05, 0.1) is 0 Å². The molecular weight excluding hydrogens is 363 g/mol. The third kappa shape index (κ3) is 7.76. The van der Waals surface area contributed by atoms with Crippen molar-refractivity contribution in [1.82, 2.24) is 10.9 Å². The number of hydrogen-bond donors (Lipinski definition) is 2. The average molecular weight is 404 g/mol. The summed E-state index contributed by atoms with van der Waals surface area (Å²) in [6, 6.07) is 5.90. The molecule has 5 nitrogen and oxygen atoms in total. The van der Waals surface area contributed by atoms with Gasteiger partial charge in [0, 0.05) is 23.8 Å². The molecule has 0 heterocycles. The van der Waals surface area contributed by atoms with Crippen molar-refractivity contribution in [2.24, 2.45) is 5.41 Å². The normalized spacial score (nSPS) is 13.3. The van der Waals surface area contributed by atoms with Crippen molar-refractivity contribution >= 4 is 18.5 Å². The van der Waals surface area contributed by atoms with E-state index in [1.54, 1.807) is 0 Å². The van der Waals surface area contributed by atoms with Crippen molar-refractivity contribution in [2.75, 3.05) is 6.61 Å². The van der Waals surface area contributed by atoms with Crippen LogP contribution in [-0.2, 0) is 9.31 Å². The zero-order valence-corrected chi connectivity index (χ0v) is 19.9. The molecule has 6 heteroatoms. The van der Waals surface area contributed by atoms with Gasteiger partial charge in [-0.3, -0.25) is 10.2 Å². The fourth-order valence-corrected chi connectivity index (χ4v) is 3.10. The van der Waals surface area contributed by atoms with Crippen LogP contribution in [0.1, 0.15) is 90.6 Å². The summed E-state index contributed by atoms with van der Waals surface area (Å²) >= 11 is 0. The fraction of sp³-hybridized carbons (Fsp3) is 0.696. The van der Waals surface area contributed by atoms with Crippen LogP contribution in [0.3, 0.4) is 0 Å². The quantitative estimate of drug-likeness (QED) is 0.425. The molecule has 1 atom stereocenters. The van der Waals surface area contributed by atoms with Crippen molar-refractivity contribution in [3.8, 4) is 0 Å². The van der Waals surface area contributed by atoms with Gasteiger partial charge in [0.1, 0.15) is 0 Å². The second-order valence-electron chi connectivity index (χ2n) is 9.34. The minimum atomic E-state index is -0.502. The summed E-state index contributed by atoms with van der Waals surface area (Å²) in [7, 11) is -0.502. The Bertz CT molecular complexity index is 656. The molecule has 0 radical (unpaired) electrons. The van der Waals surface area contributed by atoms with Gasteiger partial charge in [0.15, 0.2) is 0 Å². The summed E-state index contributed by atoms with van der Waals surface area (Å²) in [4.78, 5) is 12.9. The Hall–Kier alpha value is -1.37. The van der Waals surface area contributed by atoms with Gasteiger partial charge in [-0.1, -0.05) is 53.2 Å². The lowest BCUT2D eigenvalue weighted by Gasteiger charge is -2.31. The minimum absolute atomic E-state index is 0.0554. The Labute approximate surface area is 178 Å². The van der Waals surface area contributed by atoms with Gasteiger partial charge in [0.25, 0.3) is 5.91 Å². The molecule has 2 N–H and O–H groups in total. The molecule has 164 valence electrons. The molecule has 0 fully saturated rings. The fourth-order valence-electron chi connectivity index (χ4n) is 3.10. The molecule has 1 unspecified atom stereocenters. The van der Waals surface area contributed by atoms with Crippen LogP contribution in [-0.4, -0.2) is 31.3 Å². The Kier molecular flexibility index (Phi) is 9.86. The molecule has 0 aliphatic rings. The van der Waals surface area contributed by atoms with Gasteiger partial charge in [0.2, 0.25) is 0 Å². The molecule has 1 aromatic rings. The first-order chi connectivity index (χ1) is 13.5. The highest BCUT2D eigenvalue weighted by atomic mass is 16.6. The van der Waals surface area contributed by atoms with Crippen LogP contribution in [0.4, 0.5) is 0 Å². The molecule has 0 aliphatic carbocycles. The molecule has 0 saturated carbocycles. The zero-order chi connectivity index (χ0) is 22.2. The summed E-state index contributed by atoms with van der Waals surface area (Å²) in [5, 5.41) is 0. The van der Waals surface area contributed by atoms with Gasteiger partial charge < -0.3 is 9.31 Å². The summed E-state index contributed by atoms with van der Waals surface area (Å²) in [5.41, 5.74) is 8.30. The zero-order valence-electron chi connectivity index (χ0n) is 19.9. The minimum Gasteiger partial charge on any atom is -0.408 e. The molecule has 1 amide bonds. The van der Waals surface area contributed by atoms with Crippen LogP contribution in [0, 0.1) is 12.3 Å². The Morgan fingerprint density at radius 1 is 1.14 bits per heavy atom. The molecule has 0 aromatic heterocycles. The van der Waals surface area contributed by atoms with Gasteiger partial charge in [-0.2, -0.15) is 0 Å². The third-order valence-corrected chi connectivity index (χ3v) is 5.45. The van der Waals surface area contributed by atoms with Gasteiger partial charge in [-0.05, 0) is 63.0 Å². The highest BCUT2D eigenvalue weighted by molar-refractivity contribution is 6.62. The van der Waals surface area contributed by atoms with Crippen molar-refractivity contribution < 1.29 is 14.1 Å². The van der Waals surface area contributed by atoms with E-state index in [1.165, 1.54) is 0 Å². The third-order valence-electron chi connectivity index (χ3n) is 5.45. The number of carbonyl (C=O) groups excluding carboxylic acids is 1. The van der Waals surface area contributed by atoms with Crippen molar-refractivity contribution in [3.63, 3.8) is 0 Å². The predicted molar refractivity (Wildman–Crippen MR) is 122 cm³/mol. The first-order valence-electron chi connectivity index (χ1n) is 10.9. The Morgan fingerprint density at radius 2 is 1.79 bits per heavy atom. The van der Waals surface area contributed by atoms with Crippen molar-refractivity contribution in [2.45, 2.75) is 93.2 Å². The summed E-state index contributed by atoms with van der Waals surface area (Å²) in [5.74, 6) is -0.139. The van der Waals surface area contributed by atoms with E-state index < -0.39 is 7.12 Å². The Balaban J connectivity index is 3.05. The number of amides is 1. The first kappa shape index (κ1) is 25.7. The number of rotatable bonds is 11. The van der Waals surface area contributed by atoms with Gasteiger partial charge >= 0.3 is 7.12 Å². The number of nitrogens with one attached hydrogen (secondary N) is 2. The second-order valence-corrected chi connectivity index (χ2v) is 9.34. The number of carbonyl (C=O) groups is 1. The highest BCUT2D eigenvalue weighted by Gasteiger charge is 2.31. The Morgan fingerprint density at radius 3 is 2.31 bits per heavy atom.